The highest BCUT2D eigenvalue weighted by Crippen LogP contribution is 2.18. The predicted octanol–water partition coefficient (Wildman–Crippen LogP) is 9.00. The summed E-state index contributed by atoms with van der Waals surface area (Å²) in [6.45, 7) is 4.87. The SMILES string of the molecule is CCCCCCCCCCCCCCCCC(=O)OC(CCCCCC)CCCCCC(=O)NC(CCCN)C(=O)O. The van der Waals surface area contributed by atoms with Crippen LogP contribution in [0.1, 0.15) is 187 Å². The fraction of sp³-hybridized carbons (Fsp3) is 0.914. The zero-order valence-corrected chi connectivity index (χ0v) is 27.6. The van der Waals surface area contributed by atoms with Gasteiger partial charge in [-0.2, -0.15) is 0 Å². The monoisotopic (exact) mass is 597 g/mol. The molecule has 0 bridgehead atoms. The predicted molar refractivity (Wildman–Crippen MR) is 175 cm³/mol. The van der Waals surface area contributed by atoms with Gasteiger partial charge in [-0.1, -0.05) is 123 Å². The van der Waals surface area contributed by atoms with Crippen molar-refractivity contribution in [3.05, 3.63) is 0 Å². The molecule has 7 nitrogen and oxygen atoms in total. The first-order valence-electron chi connectivity index (χ1n) is 17.9. The molecule has 0 spiro atoms. The lowest BCUT2D eigenvalue weighted by Crippen LogP contribution is -2.40. The molecule has 0 aromatic rings. The highest BCUT2D eigenvalue weighted by Gasteiger charge is 2.19. The van der Waals surface area contributed by atoms with Crippen LogP contribution in [0.4, 0.5) is 0 Å². The Kier molecular flexibility index (Phi) is 29.6. The first-order chi connectivity index (χ1) is 20.4. The fourth-order valence-corrected chi connectivity index (χ4v) is 5.45. The number of amides is 1. The van der Waals surface area contributed by atoms with Gasteiger partial charge in [-0.05, 0) is 57.9 Å². The minimum atomic E-state index is -1.02. The summed E-state index contributed by atoms with van der Waals surface area (Å²) in [6.07, 6.45) is 28.7. The van der Waals surface area contributed by atoms with Crippen molar-refractivity contribution in [2.45, 2.75) is 199 Å². The van der Waals surface area contributed by atoms with E-state index in [1.807, 2.05) is 0 Å². The summed E-state index contributed by atoms with van der Waals surface area (Å²) in [5, 5.41) is 11.9. The number of rotatable bonds is 32. The maximum absolute atomic E-state index is 12.5. The Labute approximate surface area is 258 Å². The molecule has 0 saturated heterocycles. The Morgan fingerprint density at radius 1 is 0.595 bits per heavy atom. The van der Waals surface area contributed by atoms with Crippen LogP contribution in [0.25, 0.3) is 0 Å². The summed E-state index contributed by atoms with van der Waals surface area (Å²) < 4.78 is 5.89. The number of carboxylic acids is 1. The molecular formula is C35H68N2O5. The van der Waals surface area contributed by atoms with Gasteiger partial charge in [0.05, 0.1) is 0 Å². The summed E-state index contributed by atoms with van der Waals surface area (Å²) in [6, 6.07) is -0.868. The summed E-state index contributed by atoms with van der Waals surface area (Å²) in [4.78, 5) is 36.0. The van der Waals surface area contributed by atoms with E-state index in [4.69, 9.17) is 10.5 Å². The van der Waals surface area contributed by atoms with E-state index >= 15 is 0 Å². The maximum atomic E-state index is 12.5. The number of unbranched alkanes of at least 4 members (excludes halogenated alkanes) is 18. The molecule has 7 heteroatoms. The van der Waals surface area contributed by atoms with Gasteiger partial charge in [0.1, 0.15) is 12.1 Å². The average molecular weight is 597 g/mol. The number of ether oxygens (including phenoxy) is 1. The largest absolute Gasteiger partial charge is 0.480 e. The van der Waals surface area contributed by atoms with Crippen molar-refractivity contribution < 1.29 is 24.2 Å². The van der Waals surface area contributed by atoms with Crippen molar-refractivity contribution in [1.82, 2.24) is 5.32 Å². The van der Waals surface area contributed by atoms with Crippen molar-refractivity contribution in [3.8, 4) is 0 Å². The quantitative estimate of drug-likeness (QED) is 0.0527. The van der Waals surface area contributed by atoms with Gasteiger partial charge >= 0.3 is 11.9 Å². The Bertz CT molecular complexity index is 643. The van der Waals surface area contributed by atoms with Gasteiger partial charge in [0, 0.05) is 12.8 Å². The normalized spacial score (nSPS) is 12.6. The molecule has 0 aromatic carbocycles. The molecule has 0 aliphatic heterocycles. The zero-order valence-electron chi connectivity index (χ0n) is 27.6. The molecule has 0 rings (SSSR count). The number of nitrogens with two attached hydrogens (primary N) is 1. The second kappa shape index (κ2) is 30.8. The van der Waals surface area contributed by atoms with Crippen LogP contribution < -0.4 is 11.1 Å². The molecule has 0 aliphatic carbocycles. The maximum Gasteiger partial charge on any atom is 0.326 e. The van der Waals surface area contributed by atoms with E-state index in [1.54, 1.807) is 0 Å². The van der Waals surface area contributed by atoms with E-state index in [-0.39, 0.29) is 18.0 Å². The van der Waals surface area contributed by atoms with E-state index in [0.717, 1.165) is 44.9 Å². The molecule has 4 N–H and O–H groups in total. The summed E-state index contributed by atoms with van der Waals surface area (Å²) >= 11 is 0. The lowest BCUT2D eigenvalue weighted by molar-refractivity contribution is -0.150. The lowest BCUT2D eigenvalue weighted by Gasteiger charge is -2.18. The van der Waals surface area contributed by atoms with Crippen molar-refractivity contribution in [1.29, 1.82) is 0 Å². The number of hydrogen-bond acceptors (Lipinski definition) is 5. The fourth-order valence-electron chi connectivity index (χ4n) is 5.45. The Morgan fingerprint density at radius 3 is 1.50 bits per heavy atom. The highest BCUT2D eigenvalue weighted by molar-refractivity contribution is 5.83. The standard InChI is InChI=1S/C35H68N2O5/c1-3-5-7-9-10-11-12-13-14-15-16-17-18-23-29-34(39)42-31(25-20-8-6-4-2)26-21-19-22-28-33(38)37-32(35(40)41)27-24-30-36/h31-32H,3-30,36H2,1-2H3,(H,37,38)(H,40,41). The van der Waals surface area contributed by atoms with Crippen LogP contribution in [0.5, 0.6) is 0 Å². The van der Waals surface area contributed by atoms with Crippen LogP contribution in [0.2, 0.25) is 0 Å². The molecule has 2 atom stereocenters. The van der Waals surface area contributed by atoms with Crippen molar-refractivity contribution >= 4 is 17.8 Å². The third-order valence-corrected chi connectivity index (χ3v) is 8.17. The molecule has 0 fully saturated rings. The number of carbonyl (C=O) groups is 3. The number of esters is 1. The molecule has 0 saturated carbocycles. The van der Waals surface area contributed by atoms with E-state index in [9.17, 15) is 19.5 Å². The molecule has 0 aliphatic rings. The first kappa shape index (κ1) is 40.4. The summed E-state index contributed by atoms with van der Waals surface area (Å²) in [5.74, 6) is -1.31. The summed E-state index contributed by atoms with van der Waals surface area (Å²) in [7, 11) is 0. The topological polar surface area (TPSA) is 119 Å². The van der Waals surface area contributed by atoms with Crippen molar-refractivity contribution in [3.63, 3.8) is 0 Å². The number of carboxylic acid groups (broad SMARTS) is 1. The number of nitrogens with one attached hydrogen (secondary N) is 1. The first-order valence-corrected chi connectivity index (χ1v) is 17.9. The third-order valence-electron chi connectivity index (χ3n) is 8.17. The molecule has 248 valence electrons. The van der Waals surface area contributed by atoms with Gasteiger partial charge in [0.2, 0.25) is 5.91 Å². The van der Waals surface area contributed by atoms with E-state index in [2.05, 4.69) is 19.2 Å². The molecule has 2 unspecified atom stereocenters. The smallest absolute Gasteiger partial charge is 0.326 e. The van der Waals surface area contributed by atoms with Crippen LogP contribution >= 0.6 is 0 Å². The van der Waals surface area contributed by atoms with Crippen LogP contribution in [0.15, 0.2) is 0 Å². The second-order valence-corrected chi connectivity index (χ2v) is 12.3. The summed E-state index contributed by atoms with van der Waals surface area (Å²) in [5.41, 5.74) is 5.46. The number of aliphatic carboxylic acids is 1. The van der Waals surface area contributed by atoms with Crippen LogP contribution in [-0.4, -0.2) is 41.6 Å². The van der Waals surface area contributed by atoms with Crippen molar-refractivity contribution in [2.24, 2.45) is 5.73 Å². The van der Waals surface area contributed by atoms with Crippen LogP contribution in [0, 0.1) is 0 Å². The zero-order chi connectivity index (χ0) is 31.1. The van der Waals surface area contributed by atoms with Crippen molar-refractivity contribution in [2.75, 3.05) is 6.54 Å². The molecule has 0 radical (unpaired) electrons. The van der Waals surface area contributed by atoms with Gasteiger partial charge < -0.3 is 20.9 Å². The minimum Gasteiger partial charge on any atom is -0.480 e. The number of hydrogen-bond donors (Lipinski definition) is 3. The Morgan fingerprint density at radius 2 is 1.02 bits per heavy atom. The second-order valence-electron chi connectivity index (χ2n) is 12.3. The molecule has 42 heavy (non-hydrogen) atoms. The van der Waals surface area contributed by atoms with E-state index < -0.39 is 12.0 Å². The Balaban J connectivity index is 4.05. The van der Waals surface area contributed by atoms with Gasteiger partial charge in [0.15, 0.2) is 0 Å². The Hall–Kier alpha value is -1.63. The third kappa shape index (κ3) is 27.2. The number of carbonyl (C=O) groups excluding carboxylic acids is 2. The van der Waals surface area contributed by atoms with E-state index in [1.165, 1.54) is 96.3 Å². The van der Waals surface area contributed by atoms with Crippen LogP contribution in [0.3, 0.4) is 0 Å². The highest BCUT2D eigenvalue weighted by atomic mass is 16.5. The van der Waals surface area contributed by atoms with Gasteiger partial charge in [-0.25, -0.2) is 4.79 Å². The molecule has 0 heterocycles. The minimum absolute atomic E-state index is 0.0394. The van der Waals surface area contributed by atoms with Gasteiger partial charge in [0.25, 0.3) is 0 Å². The molecule has 0 aromatic heterocycles. The lowest BCUT2D eigenvalue weighted by atomic mass is 10.0. The van der Waals surface area contributed by atoms with Crippen LogP contribution in [-0.2, 0) is 19.1 Å². The average Bonchev–Trinajstić information content (AvgIpc) is 2.97. The molecular weight excluding hydrogens is 528 g/mol. The van der Waals surface area contributed by atoms with E-state index in [0.29, 0.717) is 38.6 Å². The van der Waals surface area contributed by atoms with Gasteiger partial charge in [-0.3, -0.25) is 9.59 Å². The molecule has 1 amide bonds. The van der Waals surface area contributed by atoms with Gasteiger partial charge in [-0.15, -0.1) is 0 Å².